The molecule has 0 aliphatic heterocycles. The molecule has 3 aromatic rings. The number of methoxy groups -OCH3 is 2. The number of aromatic nitrogens is 2. The number of nitrogens with zero attached hydrogens (tertiary/aromatic N) is 2. The Morgan fingerprint density at radius 2 is 1.85 bits per heavy atom. The van der Waals surface area contributed by atoms with Crippen LogP contribution in [0.2, 0.25) is 0 Å². The zero-order valence-electron chi connectivity index (χ0n) is 11.3. The fourth-order valence-corrected chi connectivity index (χ4v) is 2.19. The molecule has 0 spiro atoms. The van der Waals surface area contributed by atoms with Gasteiger partial charge in [0.1, 0.15) is 17.8 Å². The molecule has 4 heteroatoms. The van der Waals surface area contributed by atoms with Gasteiger partial charge >= 0.3 is 0 Å². The Kier molecular flexibility index (Phi) is 3.21. The Morgan fingerprint density at radius 1 is 0.950 bits per heavy atom. The molecule has 0 aliphatic carbocycles. The molecule has 4 nitrogen and oxygen atoms in total. The maximum atomic E-state index is 5.42. The summed E-state index contributed by atoms with van der Waals surface area (Å²) in [7, 11) is 3.31. The van der Waals surface area contributed by atoms with Crippen molar-refractivity contribution in [3.63, 3.8) is 0 Å². The normalized spacial score (nSPS) is 10.5. The van der Waals surface area contributed by atoms with Crippen LogP contribution in [0.15, 0.2) is 48.9 Å². The number of ether oxygens (including phenoxy) is 2. The van der Waals surface area contributed by atoms with Crippen LogP contribution >= 0.6 is 0 Å². The van der Waals surface area contributed by atoms with E-state index < -0.39 is 0 Å². The van der Waals surface area contributed by atoms with Crippen molar-refractivity contribution < 1.29 is 9.47 Å². The standard InChI is InChI=1S/C16H14N2O2/c1-19-13-4-6-16(20-2)14(8-13)11-3-5-15-12(7-11)9-17-10-18-15/h3-10H,1-2H3. The lowest BCUT2D eigenvalue weighted by Gasteiger charge is -2.11. The molecule has 3 rings (SSSR count). The molecule has 20 heavy (non-hydrogen) atoms. The maximum absolute atomic E-state index is 5.42. The van der Waals surface area contributed by atoms with Crippen molar-refractivity contribution in [2.75, 3.05) is 14.2 Å². The molecule has 2 aromatic carbocycles. The van der Waals surface area contributed by atoms with Gasteiger partial charge in [0.2, 0.25) is 0 Å². The molecule has 0 aliphatic rings. The Balaban J connectivity index is 2.18. The maximum Gasteiger partial charge on any atom is 0.126 e. The van der Waals surface area contributed by atoms with E-state index in [1.807, 2.05) is 36.4 Å². The molecule has 0 amide bonds. The van der Waals surface area contributed by atoms with Crippen LogP contribution in [0.5, 0.6) is 11.5 Å². The van der Waals surface area contributed by atoms with E-state index in [1.54, 1.807) is 26.7 Å². The van der Waals surface area contributed by atoms with Gasteiger partial charge in [-0.3, -0.25) is 0 Å². The number of hydrogen-bond donors (Lipinski definition) is 0. The third kappa shape index (κ3) is 2.16. The van der Waals surface area contributed by atoms with Crippen LogP contribution in [-0.2, 0) is 0 Å². The summed E-state index contributed by atoms with van der Waals surface area (Å²) >= 11 is 0. The second kappa shape index (κ2) is 5.17. The SMILES string of the molecule is COc1ccc(OC)c(-c2ccc3ncncc3c2)c1. The van der Waals surface area contributed by atoms with E-state index in [9.17, 15) is 0 Å². The lowest BCUT2D eigenvalue weighted by atomic mass is 10.0. The summed E-state index contributed by atoms with van der Waals surface area (Å²) in [5, 5.41) is 0.995. The van der Waals surface area contributed by atoms with Crippen LogP contribution in [0.4, 0.5) is 0 Å². The largest absolute Gasteiger partial charge is 0.497 e. The highest BCUT2D eigenvalue weighted by Gasteiger charge is 2.08. The van der Waals surface area contributed by atoms with Gasteiger partial charge < -0.3 is 9.47 Å². The average Bonchev–Trinajstić information content (AvgIpc) is 2.53. The zero-order valence-corrected chi connectivity index (χ0v) is 11.3. The highest BCUT2D eigenvalue weighted by Crippen LogP contribution is 2.34. The first-order valence-corrected chi connectivity index (χ1v) is 6.24. The highest BCUT2D eigenvalue weighted by atomic mass is 16.5. The first-order valence-electron chi connectivity index (χ1n) is 6.24. The monoisotopic (exact) mass is 266 g/mol. The number of hydrogen-bond acceptors (Lipinski definition) is 4. The minimum absolute atomic E-state index is 0.796. The minimum Gasteiger partial charge on any atom is -0.497 e. The van der Waals surface area contributed by atoms with Crippen molar-refractivity contribution in [2.24, 2.45) is 0 Å². The molecular formula is C16H14N2O2. The van der Waals surface area contributed by atoms with Gasteiger partial charge in [0.05, 0.1) is 19.7 Å². The van der Waals surface area contributed by atoms with E-state index in [0.717, 1.165) is 33.5 Å². The van der Waals surface area contributed by atoms with E-state index in [0.29, 0.717) is 0 Å². The van der Waals surface area contributed by atoms with Crippen molar-refractivity contribution in [1.82, 2.24) is 9.97 Å². The Hall–Kier alpha value is -2.62. The molecule has 0 fully saturated rings. The van der Waals surface area contributed by atoms with Crippen LogP contribution in [0.3, 0.4) is 0 Å². The molecule has 0 radical (unpaired) electrons. The van der Waals surface area contributed by atoms with E-state index in [4.69, 9.17) is 9.47 Å². The van der Waals surface area contributed by atoms with Gasteiger partial charge in [-0.2, -0.15) is 0 Å². The van der Waals surface area contributed by atoms with E-state index in [1.165, 1.54) is 0 Å². The van der Waals surface area contributed by atoms with E-state index in [-0.39, 0.29) is 0 Å². The van der Waals surface area contributed by atoms with Gasteiger partial charge in [0, 0.05) is 17.1 Å². The minimum atomic E-state index is 0.796. The van der Waals surface area contributed by atoms with E-state index in [2.05, 4.69) is 9.97 Å². The van der Waals surface area contributed by atoms with Crippen molar-refractivity contribution >= 4 is 10.9 Å². The third-order valence-corrected chi connectivity index (χ3v) is 3.22. The molecule has 0 saturated carbocycles. The van der Waals surface area contributed by atoms with Crippen LogP contribution in [-0.4, -0.2) is 24.2 Å². The third-order valence-electron chi connectivity index (χ3n) is 3.22. The zero-order chi connectivity index (χ0) is 13.9. The van der Waals surface area contributed by atoms with Crippen LogP contribution < -0.4 is 9.47 Å². The molecule has 0 N–H and O–H groups in total. The molecule has 0 bridgehead atoms. The molecule has 1 heterocycles. The predicted octanol–water partition coefficient (Wildman–Crippen LogP) is 3.31. The number of fused-ring (bicyclic) bond motifs is 1. The summed E-state index contributed by atoms with van der Waals surface area (Å²) < 4.78 is 10.7. The van der Waals surface area contributed by atoms with E-state index >= 15 is 0 Å². The quantitative estimate of drug-likeness (QED) is 0.729. The molecule has 0 atom stereocenters. The summed E-state index contributed by atoms with van der Waals surface area (Å²) in [5.74, 6) is 1.60. The second-order valence-electron chi connectivity index (χ2n) is 4.36. The van der Waals surface area contributed by atoms with Crippen molar-refractivity contribution in [3.8, 4) is 22.6 Å². The summed E-state index contributed by atoms with van der Waals surface area (Å²) in [6, 6.07) is 11.8. The topological polar surface area (TPSA) is 44.2 Å². The van der Waals surface area contributed by atoms with Crippen molar-refractivity contribution in [1.29, 1.82) is 0 Å². The second-order valence-corrected chi connectivity index (χ2v) is 4.36. The molecular weight excluding hydrogens is 252 g/mol. The van der Waals surface area contributed by atoms with Gasteiger partial charge in [-0.05, 0) is 35.9 Å². The van der Waals surface area contributed by atoms with Crippen molar-refractivity contribution in [3.05, 3.63) is 48.9 Å². The lowest BCUT2D eigenvalue weighted by Crippen LogP contribution is -1.91. The Bertz CT molecular complexity index is 756. The van der Waals surface area contributed by atoms with Gasteiger partial charge in [-0.1, -0.05) is 6.07 Å². The fourth-order valence-electron chi connectivity index (χ4n) is 2.19. The molecule has 0 saturated heterocycles. The fraction of sp³-hybridized carbons (Fsp3) is 0.125. The van der Waals surface area contributed by atoms with Crippen LogP contribution in [0, 0.1) is 0 Å². The first kappa shape index (κ1) is 12.4. The molecule has 100 valence electrons. The summed E-state index contributed by atoms with van der Waals surface area (Å²) in [6.45, 7) is 0. The predicted molar refractivity (Wildman–Crippen MR) is 78.1 cm³/mol. The number of benzene rings is 2. The Labute approximate surface area is 117 Å². The van der Waals surface area contributed by atoms with Gasteiger partial charge in [-0.15, -0.1) is 0 Å². The summed E-state index contributed by atoms with van der Waals surface area (Å²) in [4.78, 5) is 8.28. The average molecular weight is 266 g/mol. The van der Waals surface area contributed by atoms with Crippen LogP contribution in [0.1, 0.15) is 0 Å². The summed E-state index contributed by atoms with van der Waals surface area (Å²) in [6.07, 6.45) is 3.35. The molecule has 1 aromatic heterocycles. The molecule has 0 unspecified atom stereocenters. The van der Waals surface area contributed by atoms with Gasteiger partial charge in [-0.25, -0.2) is 9.97 Å². The van der Waals surface area contributed by atoms with Crippen molar-refractivity contribution in [2.45, 2.75) is 0 Å². The van der Waals surface area contributed by atoms with Crippen LogP contribution in [0.25, 0.3) is 22.0 Å². The highest BCUT2D eigenvalue weighted by molar-refractivity contribution is 5.85. The summed E-state index contributed by atoms with van der Waals surface area (Å²) in [5.41, 5.74) is 2.95. The van der Waals surface area contributed by atoms with Gasteiger partial charge in [0.15, 0.2) is 0 Å². The van der Waals surface area contributed by atoms with Gasteiger partial charge in [0.25, 0.3) is 0 Å². The smallest absolute Gasteiger partial charge is 0.126 e. The lowest BCUT2D eigenvalue weighted by molar-refractivity contribution is 0.404. The Morgan fingerprint density at radius 3 is 2.65 bits per heavy atom. The first-order chi connectivity index (χ1) is 9.81. The number of rotatable bonds is 3.